The summed E-state index contributed by atoms with van der Waals surface area (Å²) in [6.45, 7) is 1.91. The summed E-state index contributed by atoms with van der Waals surface area (Å²) < 4.78 is 0. The summed E-state index contributed by atoms with van der Waals surface area (Å²) in [5.74, 6) is -0.746. The van der Waals surface area contributed by atoms with Crippen LogP contribution in [0.2, 0.25) is 0 Å². The third-order valence-electron chi connectivity index (χ3n) is 3.24. The second-order valence-corrected chi connectivity index (χ2v) is 5.30. The Morgan fingerprint density at radius 1 is 1.33 bits per heavy atom. The van der Waals surface area contributed by atoms with Crippen molar-refractivity contribution < 1.29 is 4.79 Å². The number of amides is 1. The van der Waals surface area contributed by atoms with Crippen molar-refractivity contribution in [3.63, 3.8) is 0 Å². The topological polar surface area (TPSA) is 68.0 Å². The lowest BCUT2D eigenvalue weighted by Crippen LogP contribution is -2.35. The van der Waals surface area contributed by atoms with E-state index in [1.807, 2.05) is 43.3 Å². The summed E-state index contributed by atoms with van der Waals surface area (Å²) in [5.41, 5.74) is 8.38. The number of hydrogen-bond donors (Lipinski definition) is 2. The van der Waals surface area contributed by atoms with Crippen LogP contribution in [0.4, 0.5) is 5.69 Å². The van der Waals surface area contributed by atoms with Crippen molar-refractivity contribution in [2.24, 2.45) is 11.7 Å². The Kier molecular flexibility index (Phi) is 5.00. The van der Waals surface area contributed by atoms with E-state index in [4.69, 9.17) is 18.0 Å². The van der Waals surface area contributed by atoms with Crippen LogP contribution < -0.4 is 11.1 Å². The predicted molar refractivity (Wildman–Crippen MR) is 88.0 cm³/mol. The molecule has 1 atom stereocenters. The maximum atomic E-state index is 12.4. The average molecular weight is 299 g/mol. The van der Waals surface area contributed by atoms with Crippen LogP contribution in [0.15, 0.2) is 48.8 Å². The van der Waals surface area contributed by atoms with E-state index in [2.05, 4.69) is 10.3 Å². The van der Waals surface area contributed by atoms with Crippen LogP contribution in [0.1, 0.15) is 11.1 Å². The fourth-order valence-electron chi connectivity index (χ4n) is 1.99. The van der Waals surface area contributed by atoms with E-state index >= 15 is 0 Å². The number of pyridine rings is 1. The first kappa shape index (κ1) is 15.1. The number of carbonyl (C=O) groups is 1. The normalized spacial score (nSPS) is 11.7. The van der Waals surface area contributed by atoms with Gasteiger partial charge in [0.1, 0.15) is 0 Å². The Morgan fingerprint density at radius 2 is 2.05 bits per heavy atom. The molecule has 0 aliphatic rings. The van der Waals surface area contributed by atoms with Gasteiger partial charge in [-0.25, -0.2) is 0 Å². The van der Waals surface area contributed by atoms with E-state index in [9.17, 15) is 4.79 Å². The maximum Gasteiger partial charge on any atom is 0.234 e. The number of aromatic nitrogens is 1. The van der Waals surface area contributed by atoms with E-state index in [-0.39, 0.29) is 10.9 Å². The number of nitrogens with one attached hydrogen (secondary N) is 1. The van der Waals surface area contributed by atoms with Crippen molar-refractivity contribution in [1.29, 1.82) is 0 Å². The van der Waals surface area contributed by atoms with E-state index in [0.717, 1.165) is 11.1 Å². The molecule has 21 heavy (non-hydrogen) atoms. The molecule has 1 aromatic carbocycles. The Balaban J connectivity index is 2.13. The van der Waals surface area contributed by atoms with Gasteiger partial charge in [0.05, 0.1) is 22.8 Å². The molecule has 0 aliphatic heterocycles. The van der Waals surface area contributed by atoms with Gasteiger partial charge in [-0.05, 0) is 30.5 Å². The third-order valence-corrected chi connectivity index (χ3v) is 3.52. The standard InChI is InChI=1S/C16H17N3OS/c1-11-7-8-18-10-14(11)19-16(20)13(15(17)21)9-12-5-3-2-4-6-12/h2-8,10,13H,9H2,1H3,(H2,17,21)(H,19,20). The Hall–Kier alpha value is -2.27. The minimum Gasteiger partial charge on any atom is -0.393 e. The van der Waals surface area contributed by atoms with Crippen molar-refractivity contribution >= 4 is 28.8 Å². The van der Waals surface area contributed by atoms with E-state index in [0.29, 0.717) is 12.1 Å². The number of hydrogen-bond acceptors (Lipinski definition) is 3. The Morgan fingerprint density at radius 3 is 2.67 bits per heavy atom. The monoisotopic (exact) mass is 299 g/mol. The highest BCUT2D eigenvalue weighted by Gasteiger charge is 2.22. The zero-order valence-electron chi connectivity index (χ0n) is 11.7. The first-order valence-electron chi connectivity index (χ1n) is 6.62. The molecule has 0 fully saturated rings. The van der Waals surface area contributed by atoms with Crippen molar-refractivity contribution in [3.05, 3.63) is 59.9 Å². The summed E-state index contributed by atoms with van der Waals surface area (Å²) in [6.07, 6.45) is 3.79. The second kappa shape index (κ2) is 6.95. The summed E-state index contributed by atoms with van der Waals surface area (Å²) in [5, 5.41) is 2.84. The molecule has 0 radical (unpaired) electrons. The molecule has 0 aliphatic carbocycles. The molecular formula is C16H17N3OS. The van der Waals surface area contributed by atoms with Gasteiger partial charge in [0.25, 0.3) is 0 Å². The number of aryl methyl sites for hydroxylation is 1. The fraction of sp³-hybridized carbons (Fsp3) is 0.188. The van der Waals surface area contributed by atoms with Crippen molar-refractivity contribution in [3.8, 4) is 0 Å². The molecule has 1 heterocycles. The first-order chi connectivity index (χ1) is 10.1. The van der Waals surface area contributed by atoms with E-state index in [1.165, 1.54) is 0 Å². The molecule has 0 saturated heterocycles. The van der Waals surface area contributed by atoms with Crippen LogP contribution in [-0.2, 0) is 11.2 Å². The largest absolute Gasteiger partial charge is 0.393 e. The lowest BCUT2D eigenvalue weighted by atomic mass is 9.98. The molecule has 4 nitrogen and oxygen atoms in total. The number of benzene rings is 1. The summed E-state index contributed by atoms with van der Waals surface area (Å²) in [6, 6.07) is 11.5. The van der Waals surface area contributed by atoms with Gasteiger partial charge in [0.2, 0.25) is 5.91 Å². The van der Waals surface area contributed by atoms with Crippen LogP contribution in [0.3, 0.4) is 0 Å². The van der Waals surface area contributed by atoms with Crippen molar-refractivity contribution in [1.82, 2.24) is 4.98 Å². The van der Waals surface area contributed by atoms with Crippen LogP contribution in [0, 0.1) is 12.8 Å². The van der Waals surface area contributed by atoms with Gasteiger partial charge in [0.15, 0.2) is 0 Å². The van der Waals surface area contributed by atoms with Gasteiger partial charge in [-0.1, -0.05) is 42.5 Å². The highest BCUT2D eigenvalue weighted by atomic mass is 32.1. The maximum absolute atomic E-state index is 12.4. The van der Waals surface area contributed by atoms with Gasteiger partial charge in [0, 0.05) is 6.20 Å². The summed E-state index contributed by atoms with van der Waals surface area (Å²) >= 11 is 5.04. The Bertz CT molecular complexity index is 643. The number of nitrogens with zero attached hydrogens (tertiary/aromatic N) is 1. The van der Waals surface area contributed by atoms with Gasteiger partial charge >= 0.3 is 0 Å². The second-order valence-electron chi connectivity index (χ2n) is 4.82. The molecule has 3 N–H and O–H groups in total. The molecule has 2 rings (SSSR count). The number of rotatable bonds is 5. The molecular weight excluding hydrogens is 282 g/mol. The Labute approximate surface area is 129 Å². The summed E-state index contributed by atoms with van der Waals surface area (Å²) in [4.78, 5) is 16.6. The number of anilines is 1. The van der Waals surface area contributed by atoms with Crippen LogP contribution in [-0.4, -0.2) is 15.9 Å². The van der Waals surface area contributed by atoms with Crippen molar-refractivity contribution in [2.45, 2.75) is 13.3 Å². The number of nitrogens with two attached hydrogens (primary N) is 1. The summed E-state index contributed by atoms with van der Waals surface area (Å²) in [7, 11) is 0. The lowest BCUT2D eigenvalue weighted by molar-refractivity contribution is -0.118. The molecule has 0 bridgehead atoms. The van der Waals surface area contributed by atoms with Crippen LogP contribution in [0.5, 0.6) is 0 Å². The third kappa shape index (κ3) is 4.10. The highest BCUT2D eigenvalue weighted by molar-refractivity contribution is 7.80. The zero-order chi connectivity index (χ0) is 15.2. The van der Waals surface area contributed by atoms with Gasteiger partial charge in [-0.15, -0.1) is 0 Å². The highest BCUT2D eigenvalue weighted by Crippen LogP contribution is 2.15. The van der Waals surface area contributed by atoms with Crippen LogP contribution >= 0.6 is 12.2 Å². The number of carbonyl (C=O) groups excluding carboxylic acids is 1. The molecule has 5 heteroatoms. The minimum absolute atomic E-state index is 0.192. The van der Waals surface area contributed by atoms with Gasteiger partial charge in [-0.2, -0.15) is 0 Å². The molecule has 0 saturated carbocycles. The minimum atomic E-state index is -0.540. The van der Waals surface area contributed by atoms with Crippen LogP contribution in [0.25, 0.3) is 0 Å². The lowest BCUT2D eigenvalue weighted by Gasteiger charge is -2.16. The van der Waals surface area contributed by atoms with Gasteiger partial charge < -0.3 is 11.1 Å². The first-order valence-corrected chi connectivity index (χ1v) is 7.03. The molecule has 108 valence electrons. The smallest absolute Gasteiger partial charge is 0.234 e. The molecule has 1 aromatic heterocycles. The van der Waals surface area contributed by atoms with Crippen molar-refractivity contribution in [2.75, 3.05) is 5.32 Å². The zero-order valence-corrected chi connectivity index (χ0v) is 12.6. The predicted octanol–water partition coefficient (Wildman–Crippen LogP) is 2.47. The SMILES string of the molecule is Cc1ccncc1NC(=O)C(Cc1ccccc1)C(N)=S. The number of thiocarbonyl (C=S) groups is 1. The molecule has 1 amide bonds. The molecule has 0 spiro atoms. The molecule has 1 unspecified atom stereocenters. The average Bonchev–Trinajstić information content (AvgIpc) is 2.48. The molecule has 2 aromatic rings. The quantitative estimate of drug-likeness (QED) is 0.832. The van der Waals surface area contributed by atoms with Gasteiger partial charge in [-0.3, -0.25) is 9.78 Å². The fourth-order valence-corrected chi connectivity index (χ4v) is 2.18. The van der Waals surface area contributed by atoms with E-state index in [1.54, 1.807) is 12.4 Å². The van der Waals surface area contributed by atoms with E-state index < -0.39 is 5.92 Å².